The van der Waals surface area contributed by atoms with Crippen LogP contribution in [0.2, 0.25) is 5.02 Å². The van der Waals surface area contributed by atoms with E-state index in [0.29, 0.717) is 23.5 Å². The van der Waals surface area contributed by atoms with Crippen LogP contribution in [0.25, 0.3) is 0 Å². The Hall–Kier alpha value is -3.08. The van der Waals surface area contributed by atoms with Gasteiger partial charge < -0.3 is 15.0 Å². The van der Waals surface area contributed by atoms with Crippen LogP contribution in [0.15, 0.2) is 30.6 Å². The summed E-state index contributed by atoms with van der Waals surface area (Å²) in [6.45, 7) is 3.94. The number of aryl methyl sites for hydroxylation is 1. The van der Waals surface area contributed by atoms with E-state index in [0.717, 1.165) is 37.4 Å². The molecule has 12 heteroatoms. The first-order chi connectivity index (χ1) is 17.7. The molecule has 3 aliphatic rings. The van der Waals surface area contributed by atoms with E-state index in [2.05, 4.69) is 30.3 Å². The zero-order valence-corrected chi connectivity index (χ0v) is 21.0. The molecule has 3 atom stereocenters. The molecule has 1 aliphatic heterocycles. The highest BCUT2D eigenvalue weighted by molar-refractivity contribution is 6.30. The van der Waals surface area contributed by atoms with E-state index in [1.807, 2.05) is 13.0 Å². The number of nitrogens with zero attached hydrogens (tertiary/aromatic N) is 6. The summed E-state index contributed by atoms with van der Waals surface area (Å²) in [6.07, 6.45) is 3.38. The van der Waals surface area contributed by atoms with Gasteiger partial charge in [0.05, 0.1) is 5.02 Å². The van der Waals surface area contributed by atoms with Crippen LogP contribution in [0.1, 0.15) is 31.4 Å². The number of benzene rings is 1. The van der Waals surface area contributed by atoms with Crippen molar-refractivity contribution in [3.05, 3.63) is 47.1 Å². The maximum Gasteiger partial charge on any atom is 0.322 e. The highest BCUT2D eigenvalue weighted by atomic mass is 35.5. The first kappa shape index (κ1) is 24.3. The number of hydrogen-bond donors (Lipinski definition) is 1. The van der Waals surface area contributed by atoms with Crippen molar-refractivity contribution in [2.24, 2.45) is 17.8 Å². The summed E-state index contributed by atoms with van der Waals surface area (Å²) in [5.74, 6) is -1.03. The molecule has 1 saturated heterocycles. The molecule has 3 fully saturated rings. The van der Waals surface area contributed by atoms with Gasteiger partial charge in [-0.1, -0.05) is 11.6 Å². The lowest BCUT2D eigenvalue weighted by Gasteiger charge is -2.38. The second kappa shape index (κ2) is 9.34. The Morgan fingerprint density at radius 2 is 1.89 bits per heavy atom. The molecular formula is C25H27ClF3N7O. The average molecular weight is 534 g/mol. The number of piperidine rings is 1. The van der Waals surface area contributed by atoms with Crippen molar-refractivity contribution in [3.8, 4) is 11.8 Å². The summed E-state index contributed by atoms with van der Waals surface area (Å²) in [7, 11) is 0. The molecule has 8 nitrogen and oxygen atoms in total. The lowest BCUT2D eigenvalue weighted by Crippen LogP contribution is -2.48. The molecular weight excluding hydrogens is 507 g/mol. The third-order valence-corrected chi connectivity index (χ3v) is 7.88. The number of alkyl halides is 2. The summed E-state index contributed by atoms with van der Waals surface area (Å²) in [4.78, 5) is 15.5. The largest absolute Gasteiger partial charge is 0.424 e. The molecule has 3 heterocycles. The summed E-state index contributed by atoms with van der Waals surface area (Å²) >= 11 is 5.90. The van der Waals surface area contributed by atoms with Crippen LogP contribution in [-0.4, -0.2) is 49.8 Å². The van der Waals surface area contributed by atoms with Gasteiger partial charge in [0, 0.05) is 56.3 Å². The van der Waals surface area contributed by atoms with Gasteiger partial charge in [0.25, 0.3) is 0 Å². The molecule has 2 aromatic heterocycles. The van der Waals surface area contributed by atoms with Gasteiger partial charge in [-0.05, 0) is 49.7 Å². The Morgan fingerprint density at radius 1 is 1.14 bits per heavy atom. The van der Waals surface area contributed by atoms with Gasteiger partial charge in [-0.15, -0.1) is 5.10 Å². The van der Waals surface area contributed by atoms with E-state index >= 15 is 0 Å². The predicted octanol–water partition coefficient (Wildman–Crippen LogP) is 5.33. The number of rotatable bonds is 7. The smallest absolute Gasteiger partial charge is 0.322 e. The molecule has 1 N–H and O–H groups in total. The SMILES string of the molecule is Cc1cc(N2C[C@H]3CC[C@@H](C2)[C@H]3Nc2nc(Oc3ccc(F)c(Cl)c3)n(CC3CC(F)(F)C3)n2)ncn1. The minimum atomic E-state index is -2.63. The Kier molecular flexibility index (Phi) is 6.13. The second-order valence-electron chi connectivity index (χ2n) is 10.4. The van der Waals surface area contributed by atoms with Crippen LogP contribution in [0, 0.1) is 30.5 Å². The third-order valence-electron chi connectivity index (χ3n) is 7.59. The first-order valence-electron chi connectivity index (χ1n) is 12.5. The van der Waals surface area contributed by atoms with Crippen LogP contribution in [-0.2, 0) is 6.54 Å². The van der Waals surface area contributed by atoms with Gasteiger partial charge in [-0.2, -0.15) is 4.98 Å². The Balaban J connectivity index is 1.20. The van der Waals surface area contributed by atoms with Crippen molar-refractivity contribution in [2.75, 3.05) is 23.3 Å². The van der Waals surface area contributed by atoms with Crippen LogP contribution in [0.3, 0.4) is 0 Å². The van der Waals surface area contributed by atoms with Gasteiger partial charge >= 0.3 is 6.01 Å². The van der Waals surface area contributed by atoms with E-state index in [-0.39, 0.29) is 42.4 Å². The van der Waals surface area contributed by atoms with Crippen molar-refractivity contribution < 1.29 is 17.9 Å². The normalized spacial score (nSPS) is 24.7. The van der Waals surface area contributed by atoms with Crippen molar-refractivity contribution >= 4 is 23.4 Å². The first-order valence-corrected chi connectivity index (χ1v) is 12.9. The minimum absolute atomic E-state index is 0.0808. The van der Waals surface area contributed by atoms with Crippen LogP contribution in [0.4, 0.5) is 24.9 Å². The summed E-state index contributed by atoms with van der Waals surface area (Å²) in [5.41, 5.74) is 0.937. The average Bonchev–Trinajstić information content (AvgIpc) is 3.29. The number of halogens is 4. The molecule has 0 radical (unpaired) electrons. The molecule has 0 unspecified atom stereocenters. The van der Waals surface area contributed by atoms with E-state index in [1.165, 1.54) is 22.9 Å². The van der Waals surface area contributed by atoms with Crippen molar-refractivity contribution in [2.45, 2.75) is 51.1 Å². The lowest BCUT2D eigenvalue weighted by molar-refractivity contribution is -0.115. The van der Waals surface area contributed by atoms with E-state index in [1.54, 1.807) is 6.33 Å². The zero-order chi connectivity index (χ0) is 25.7. The molecule has 2 bridgehead atoms. The number of ether oxygens (including phenoxy) is 1. The highest BCUT2D eigenvalue weighted by Crippen LogP contribution is 2.44. The molecule has 3 aromatic rings. The maximum atomic E-state index is 13.6. The summed E-state index contributed by atoms with van der Waals surface area (Å²) < 4.78 is 47.9. The van der Waals surface area contributed by atoms with Crippen LogP contribution in [0.5, 0.6) is 11.8 Å². The summed E-state index contributed by atoms with van der Waals surface area (Å²) in [6, 6.07) is 6.33. The van der Waals surface area contributed by atoms with E-state index < -0.39 is 11.7 Å². The highest BCUT2D eigenvalue weighted by Gasteiger charge is 2.46. The van der Waals surface area contributed by atoms with Crippen LogP contribution < -0.4 is 15.0 Å². The fourth-order valence-electron chi connectivity index (χ4n) is 5.80. The molecule has 6 rings (SSSR count). The van der Waals surface area contributed by atoms with Crippen LogP contribution >= 0.6 is 11.6 Å². The van der Waals surface area contributed by atoms with E-state index in [9.17, 15) is 13.2 Å². The van der Waals surface area contributed by atoms with E-state index in [4.69, 9.17) is 16.3 Å². The molecule has 196 valence electrons. The Bertz CT molecular complexity index is 1280. The number of fused-ring (bicyclic) bond motifs is 2. The number of aromatic nitrogens is 5. The lowest BCUT2D eigenvalue weighted by atomic mass is 9.81. The number of hydrogen-bond acceptors (Lipinski definition) is 7. The Labute approximate surface area is 217 Å². The topological polar surface area (TPSA) is 81.0 Å². The monoisotopic (exact) mass is 533 g/mol. The van der Waals surface area contributed by atoms with Crippen molar-refractivity contribution in [3.63, 3.8) is 0 Å². The molecule has 2 saturated carbocycles. The number of nitrogens with one attached hydrogen (secondary N) is 1. The van der Waals surface area contributed by atoms with Gasteiger partial charge in [-0.25, -0.2) is 27.8 Å². The second-order valence-corrected chi connectivity index (χ2v) is 10.8. The van der Waals surface area contributed by atoms with Gasteiger partial charge in [0.15, 0.2) is 0 Å². The standard InChI is InChI=1S/C25H27ClF3N7O/c1-14-6-21(31-13-30-14)35-11-16-2-3-17(12-35)22(16)32-23-33-24(37-18-4-5-20(27)19(26)7-18)36(34-23)10-15-8-25(28,29)9-15/h4-7,13,15-17,22H,2-3,8-12H2,1H3,(H,32,34)/t16-,17+,22+. The Morgan fingerprint density at radius 3 is 2.57 bits per heavy atom. The van der Waals surface area contributed by atoms with Gasteiger partial charge in [0.2, 0.25) is 11.9 Å². The maximum absolute atomic E-state index is 13.6. The van der Waals surface area contributed by atoms with Gasteiger partial charge in [0.1, 0.15) is 23.7 Å². The zero-order valence-electron chi connectivity index (χ0n) is 20.2. The third kappa shape index (κ3) is 5.05. The van der Waals surface area contributed by atoms with Crippen molar-refractivity contribution in [1.29, 1.82) is 0 Å². The summed E-state index contributed by atoms with van der Waals surface area (Å²) in [5, 5.41) is 8.00. The molecule has 1 aromatic carbocycles. The quantitative estimate of drug-likeness (QED) is 0.439. The van der Waals surface area contributed by atoms with Crippen molar-refractivity contribution in [1.82, 2.24) is 24.7 Å². The fourth-order valence-corrected chi connectivity index (χ4v) is 5.97. The molecule has 2 aliphatic carbocycles. The predicted molar refractivity (Wildman–Crippen MR) is 132 cm³/mol. The minimum Gasteiger partial charge on any atom is -0.424 e. The fraction of sp³-hybridized carbons (Fsp3) is 0.520. The number of anilines is 2. The van der Waals surface area contributed by atoms with Gasteiger partial charge in [-0.3, -0.25) is 0 Å². The molecule has 0 amide bonds. The molecule has 0 spiro atoms. The molecule has 37 heavy (non-hydrogen) atoms.